The molecule has 2 aromatic carbocycles. The Bertz CT molecular complexity index is 1210. The molecule has 1 heterocycles. The first-order valence-electron chi connectivity index (χ1n) is 14.3. The van der Waals surface area contributed by atoms with Gasteiger partial charge in [0.15, 0.2) is 0 Å². The molecule has 6 nitrogen and oxygen atoms in total. The average Bonchev–Trinajstić information content (AvgIpc) is 2.97. The van der Waals surface area contributed by atoms with Crippen molar-refractivity contribution in [3.05, 3.63) is 70.8 Å². The molecule has 3 unspecified atom stereocenters. The minimum absolute atomic E-state index is 0.00166. The van der Waals surface area contributed by atoms with Crippen molar-refractivity contribution in [1.29, 1.82) is 0 Å². The smallest absolute Gasteiger partial charge is 0.375 e. The van der Waals surface area contributed by atoms with Crippen LogP contribution in [0.25, 0.3) is 0 Å². The molecule has 3 atom stereocenters. The van der Waals surface area contributed by atoms with Crippen molar-refractivity contribution in [2.75, 3.05) is 26.8 Å². The third-order valence-electron chi connectivity index (χ3n) is 8.26. The largest absolute Gasteiger partial charge is 0.416 e. The number of halogens is 6. The average molecular weight is 615 g/mol. The van der Waals surface area contributed by atoms with Crippen LogP contribution in [0.15, 0.2) is 48.5 Å². The number of amides is 2. The van der Waals surface area contributed by atoms with Crippen LogP contribution in [0.3, 0.4) is 0 Å². The number of carbonyl (C=O) groups excluding carboxylic acids is 2. The molecule has 2 aromatic rings. The second kappa shape index (κ2) is 13.7. The van der Waals surface area contributed by atoms with Crippen molar-refractivity contribution in [2.45, 2.75) is 75.5 Å². The van der Waals surface area contributed by atoms with Gasteiger partial charge >= 0.3 is 12.4 Å². The lowest BCUT2D eigenvalue weighted by Gasteiger charge is -2.41. The maximum absolute atomic E-state index is 13.5. The number of methoxy groups -OCH3 is 1. The quantitative estimate of drug-likeness (QED) is 0.345. The van der Waals surface area contributed by atoms with E-state index in [1.54, 1.807) is 4.90 Å². The molecule has 0 aromatic heterocycles. The number of benzene rings is 2. The predicted molar refractivity (Wildman–Crippen MR) is 146 cm³/mol. The highest BCUT2D eigenvalue weighted by Gasteiger charge is 2.40. The van der Waals surface area contributed by atoms with E-state index >= 15 is 0 Å². The zero-order valence-corrected chi connectivity index (χ0v) is 24.0. The third-order valence-corrected chi connectivity index (χ3v) is 8.26. The molecule has 4 rings (SSSR count). The molecule has 1 N–H and O–H groups in total. The number of carbonyl (C=O) groups is 2. The lowest BCUT2D eigenvalue weighted by atomic mass is 9.83. The van der Waals surface area contributed by atoms with E-state index < -0.39 is 35.7 Å². The summed E-state index contributed by atoms with van der Waals surface area (Å²) in [6.45, 7) is 2.08. The number of piperidine rings is 1. The number of alkyl halides is 6. The fourth-order valence-electron chi connectivity index (χ4n) is 6.01. The van der Waals surface area contributed by atoms with Crippen LogP contribution in [-0.4, -0.2) is 55.7 Å². The lowest BCUT2D eigenvalue weighted by molar-refractivity contribution is -0.143. The van der Waals surface area contributed by atoms with Gasteiger partial charge in [0.05, 0.1) is 23.3 Å². The van der Waals surface area contributed by atoms with E-state index in [-0.39, 0.29) is 47.9 Å². The molecule has 43 heavy (non-hydrogen) atoms. The van der Waals surface area contributed by atoms with Crippen LogP contribution in [-0.2, 0) is 31.4 Å². The Hall–Kier alpha value is -3.12. The van der Waals surface area contributed by atoms with Crippen molar-refractivity contribution in [3.63, 3.8) is 0 Å². The summed E-state index contributed by atoms with van der Waals surface area (Å²) in [5.41, 5.74) is -2.13. The summed E-state index contributed by atoms with van der Waals surface area (Å²) in [6.07, 6.45) is -8.57. The molecule has 1 saturated carbocycles. The maximum atomic E-state index is 13.5. The molecule has 2 amide bonds. The van der Waals surface area contributed by atoms with Gasteiger partial charge in [0.1, 0.15) is 6.61 Å². The Labute approximate surface area is 246 Å². The number of hydrogen-bond donors (Lipinski definition) is 1. The number of nitrogens with zero attached hydrogens (tertiary/aromatic N) is 1. The van der Waals surface area contributed by atoms with E-state index in [4.69, 9.17) is 9.47 Å². The summed E-state index contributed by atoms with van der Waals surface area (Å²) in [4.78, 5) is 27.2. The Kier molecular flexibility index (Phi) is 10.4. The van der Waals surface area contributed by atoms with Gasteiger partial charge in [-0.3, -0.25) is 9.59 Å². The number of ether oxygens (including phenoxy) is 2. The number of rotatable bonds is 8. The zero-order chi connectivity index (χ0) is 31.4. The highest BCUT2D eigenvalue weighted by molar-refractivity contribution is 5.79. The number of nitrogens with one attached hydrogen (secondary N) is 1. The maximum Gasteiger partial charge on any atom is 0.416 e. The Morgan fingerprint density at radius 1 is 0.930 bits per heavy atom. The van der Waals surface area contributed by atoms with Crippen molar-refractivity contribution in [2.24, 2.45) is 5.92 Å². The zero-order valence-electron chi connectivity index (χ0n) is 24.0. The molecule has 1 saturated heterocycles. The fraction of sp³-hybridized carbons (Fsp3) is 0.548. The van der Waals surface area contributed by atoms with Gasteiger partial charge in [-0.2, -0.15) is 26.3 Å². The highest BCUT2D eigenvalue weighted by atomic mass is 19.4. The van der Waals surface area contributed by atoms with Crippen molar-refractivity contribution >= 4 is 11.8 Å². The van der Waals surface area contributed by atoms with Gasteiger partial charge in [-0.1, -0.05) is 30.3 Å². The summed E-state index contributed by atoms with van der Waals surface area (Å²) in [5, 5.41) is 2.92. The summed E-state index contributed by atoms with van der Waals surface area (Å²) in [6, 6.07) is 10.7. The van der Waals surface area contributed by atoms with E-state index in [0.717, 1.165) is 5.56 Å². The number of hydrogen-bond acceptors (Lipinski definition) is 4. The minimum atomic E-state index is -4.96. The van der Waals surface area contributed by atoms with Gasteiger partial charge in [0, 0.05) is 38.1 Å². The molecular formula is C31H36F6N2O4. The van der Waals surface area contributed by atoms with Crippen LogP contribution in [0, 0.1) is 5.92 Å². The predicted octanol–water partition coefficient (Wildman–Crippen LogP) is 6.51. The van der Waals surface area contributed by atoms with E-state index in [0.29, 0.717) is 57.3 Å². The monoisotopic (exact) mass is 614 g/mol. The molecule has 12 heteroatoms. The highest BCUT2D eigenvalue weighted by Crippen LogP contribution is 2.40. The van der Waals surface area contributed by atoms with Crippen LogP contribution in [0.5, 0.6) is 0 Å². The van der Waals surface area contributed by atoms with Crippen molar-refractivity contribution in [3.8, 4) is 0 Å². The summed E-state index contributed by atoms with van der Waals surface area (Å²) < 4.78 is 91.8. The molecule has 0 bridgehead atoms. The van der Waals surface area contributed by atoms with Crippen molar-refractivity contribution < 1.29 is 45.4 Å². The summed E-state index contributed by atoms with van der Waals surface area (Å²) in [5.74, 6) is -0.728. The van der Waals surface area contributed by atoms with E-state index in [2.05, 4.69) is 5.32 Å². The van der Waals surface area contributed by atoms with E-state index in [9.17, 15) is 35.9 Å². The number of likely N-dealkylation sites (tertiary alicyclic amines) is 1. The SMILES string of the molecule is COCC(=O)N[C@H]1CC[C@H](C(=O)N2CCC(OC(C)c3cc(C(F)(F)F)cc(C(F)(F)F)c3)C(c3ccccc3)C2)CC1. The molecule has 0 radical (unpaired) electrons. The Morgan fingerprint density at radius 3 is 2.09 bits per heavy atom. The second-order valence-corrected chi connectivity index (χ2v) is 11.3. The molecule has 236 valence electrons. The topological polar surface area (TPSA) is 67.9 Å². The first-order chi connectivity index (χ1) is 20.3. The van der Waals surface area contributed by atoms with Gasteiger partial charge in [-0.05, 0) is 68.4 Å². The van der Waals surface area contributed by atoms with Gasteiger partial charge in [-0.25, -0.2) is 0 Å². The molecule has 2 aliphatic rings. The van der Waals surface area contributed by atoms with Crippen LogP contribution >= 0.6 is 0 Å². The van der Waals surface area contributed by atoms with E-state index in [1.807, 2.05) is 30.3 Å². The lowest BCUT2D eigenvalue weighted by Crippen LogP contribution is -2.49. The fourth-order valence-corrected chi connectivity index (χ4v) is 6.01. The molecule has 1 aliphatic carbocycles. The molecule has 0 spiro atoms. The van der Waals surface area contributed by atoms with Crippen molar-refractivity contribution in [1.82, 2.24) is 10.2 Å². The van der Waals surface area contributed by atoms with Crippen LogP contribution in [0.4, 0.5) is 26.3 Å². The molecular weight excluding hydrogens is 578 g/mol. The van der Waals surface area contributed by atoms with Crippen LogP contribution in [0.1, 0.15) is 73.3 Å². The summed E-state index contributed by atoms with van der Waals surface area (Å²) >= 11 is 0. The molecule has 2 fully saturated rings. The van der Waals surface area contributed by atoms with Gasteiger partial charge in [0.25, 0.3) is 0 Å². The summed E-state index contributed by atoms with van der Waals surface area (Å²) in [7, 11) is 1.45. The molecule has 1 aliphatic heterocycles. The van der Waals surface area contributed by atoms with Crippen LogP contribution in [0.2, 0.25) is 0 Å². The first kappa shape index (κ1) is 32.8. The van der Waals surface area contributed by atoms with Gasteiger partial charge in [0.2, 0.25) is 11.8 Å². The first-order valence-corrected chi connectivity index (χ1v) is 14.3. The third kappa shape index (κ3) is 8.50. The van der Waals surface area contributed by atoms with E-state index in [1.165, 1.54) is 14.0 Å². The Morgan fingerprint density at radius 2 is 1.53 bits per heavy atom. The Balaban J connectivity index is 1.48. The minimum Gasteiger partial charge on any atom is -0.375 e. The van der Waals surface area contributed by atoms with Gasteiger partial charge in [-0.15, -0.1) is 0 Å². The normalized spacial score (nSPS) is 24.0. The van der Waals surface area contributed by atoms with Crippen LogP contribution < -0.4 is 5.32 Å². The van der Waals surface area contributed by atoms with Gasteiger partial charge < -0.3 is 19.7 Å². The second-order valence-electron chi connectivity index (χ2n) is 11.3. The standard InChI is InChI=1S/C31H36F6N2O4/c1-19(22-14-23(30(32,33)34)16-24(15-22)31(35,36)37)43-27-12-13-39(17-26(27)20-6-4-3-5-7-20)29(41)21-8-10-25(11-9-21)38-28(40)18-42-2/h3-7,14-16,19,21,25-27H,8-13,17-18H2,1-2H3,(H,38,40)/t19?,21-,25-,26?,27?.